The summed E-state index contributed by atoms with van der Waals surface area (Å²) in [5, 5.41) is 6.24. The van der Waals surface area contributed by atoms with Gasteiger partial charge in [-0.1, -0.05) is 23.7 Å². The second-order valence-electron chi connectivity index (χ2n) is 5.17. The lowest BCUT2D eigenvalue weighted by Gasteiger charge is -2.15. The standard InChI is InChI=1S/C18H21ClN2O4/c1-23-15-10-14(11-16(24-2)17(15)25-3)21-18(22)20-9-8-12-4-6-13(19)7-5-12/h4-7,10-11H,8-9H2,1-3H3,(H2,20,21,22). The number of ether oxygens (including phenoxy) is 3. The molecule has 0 aromatic heterocycles. The molecule has 2 amide bonds. The minimum atomic E-state index is -0.316. The van der Waals surface area contributed by atoms with Crippen LogP contribution in [0.2, 0.25) is 5.02 Å². The molecule has 0 aliphatic carbocycles. The van der Waals surface area contributed by atoms with Crippen LogP contribution in [0, 0.1) is 0 Å². The highest BCUT2D eigenvalue weighted by Crippen LogP contribution is 2.39. The second kappa shape index (κ2) is 9.03. The van der Waals surface area contributed by atoms with E-state index in [1.165, 1.54) is 21.3 Å². The number of halogens is 1. The number of carbonyl (C=O) groups excluding carboxylic acids is 1. The Kier molecular flexibility index (Phi) is 6.77. The predicted octanol–water partition coefficient (Wildman–Crippen LogP) is 3.73. The van der Waals surface area contributed by atoms with E-state index in [9.17, 15) is 4.79 Å². The Morgan fingerprint density at radius 1 is 1.00 bits per heavy atom. The van der Waals surface area contributed by atoms with Gasteiger partial charge in [0.05, 0.1) is 27.0 Å². The van der Waals surface area contributed by atoms with E-state index < -0.39 is 0 Å². The van der Waals surface area contributed by atoms with Gasteiger partial charge in [-0.05, 0) is 24.1 Å². The van der Waals surface area contributed by atoms with Crippen LogP contribution in [0.15, 0.2) is 36.4 Å². The highest BCUT2D eigenvalue weighted by molar-refractivity contribution is 6.30. The third-order valence-corrected chi connectivity index (χ3v) is 3.79. The number of carbonyl (C=O) groups is 1. The van der Waals surface area contributed by atoms with Crippen LogP contribution in [0.25, 0.3) is 0 Å². The summed E-state index contributed by atoms with van der Waals surface area (Å²) in [6, 6.07) is 10.5. The van der Waals surface area contributed by atoms with Gasteiger partial charge >= 0.3 is 6.03 Å². The van der Waals surface area contributed by atoms with Gasteiger partial charge in [0.15, 0.2) is 11.5 Å². The number of benzene rings is 2. The molecule has 0 saturated heterocycles. The molecule has 2 rings (SSSR count). The molecule has 2 N–H and O–H groups in total. The fraction of sp³-hybridized carbons (Fsp3) is 0.278. The van der Waals surface area contributed by atoms with E-state index in [1.54, 1.807) is 12.1 Å². The molecule has 0 fully saturated rings. The lowest BCUT2D eigenvalue weighted by molar-refractivity contribution is 0.252. The quantitative estimate of drug-likeness (QED) is 0.785. The van der Waals surface area contributed by atoms with Crippen LogP contribution < -0.4 is 24.8 Å². The van der Waals surface area contributed by atoms with E-state index >= 15 is 0 Å². The highest BCUT2D eigenvalue weighted by Gasteiger charge is 2.14. The molecule has 2 aromatic rings. The summed E-state index contributed by atoms with van der Waals surface area (Å²) >= 11 is 5.85. The zero-order valence-electron chi connectivity index (χ0n) is 14.4. The van der Waals surface area contributed by atoms with E-state index in [2.05, 4.69) is 10.6 Å². The maximum absolute atomic E-state index is 12.1. The number of methoxy groups -OCH3 is 3. The SMILES string of the molecule is COc1cc(NC(=O)NCCc2ccc(Cl)cc2)cc(OC)c1OC. The number of urea groups is 1. The fourth-order valence-corrected chi connectivity index (χ4v) is 2.43. The van der Waals surface area contributed by atoms with Gasteiger partial charge in [0, 0.05) is 23.7 Å². The van der Waals surface area contributed by atoms with Crippen LogP contribution in [0.3, 0.4) is 0 Å². The van der Waals surface area contributed by atoms with Crippen molar-refractivity contribution in [2.24, 2.45) is 0 Å². The second-order valence-corrected chi connectivity index (χ2v) is 5.61. The van der Waals surface area contributed by atoms with Crippen molar-refractivity contribution in [1.29, 1.82) is 0 Å². The number of hydrogen-bond acceptors (Lipinski definition) is 4. The summed E-state index contributed by atoms with van der Waals surface area (Å²) in [5.74, 6) is 1.41. The smallest absolute Gasteiger partial charge is 0.319 e. The molecule has 0 unspecified atom stereocenters. The van der Waals surface area contributed by atoms with Crippen LogP contribution in [-0.4, -0.2) is 33.9 Å². The first-order valence-electron chi connectivity index (χ1n) is 7.66. The molecule has 0 atom stereocenters. The summed E-state index contributed by atoms with van der Waals surface area (Å²) < 4.78 is 15.8. The minimum absolute atomic E-state index is 0.316. The molecule has 2 aromatic carbocycles. The van der Waals surface area contributed by atoms with Crippen molar-refractivity contribution in [3.05, 3.63) is 47.0 Å². The Morgan fingerprint density at radius 2 is 1.60 bits per heavy atom. The van der Waals surface area contributed by atoms with Crippen LogP contribution in [-0.2, 0) is 6.42 Å². The molecule has 7 heteroatoms. The van der Waals surface area contributed by atoms with Gasteiger partial charge < -0.3 is 24.8 Å². The molecular formula is C18H21ClN2O4. The van der Waals surface area contributed by atoms with Crippen LogP contribution in [0.1, 0.15) is 5.56 Å². The first kappa shape index (κ1) is 18.7. The molecule has 0 aliphatic rings. The van der Waals surface area contributed by atoms with E-state index in [1.807, 2.05) is 24.3 Å². The summed E-state index contributed by atoms with van der Waals surface area (Å²) in [6.07, 6.45) is 0.708. The lowest BCUT2D eigenvalue weighted by atomic mass is 10.1. The normalized spacial score (nSPS) is 10.1. The van der Waals surface area contributed by atoms with E-state index in [-0.39, 0.29) is 6.03 Å². The number of rotatable bonds is 7. The maximum Gasteiger partial charge on any atom is 0.319 e. The minimum Gasteiger partial charge on any atom is -0.493 e. The Bertz CT molecular complexity index is 695. The average Bonchev–Trinajstić information content (AvgIpc) is 2.62. The summed E-state index contributed by atoms with van der Waals surface area (Å²) in [4.78, 5) is 12.1. The average molecular weight is 365 g/mol. The van der Waals surface area contributed by atoms with Gasteiger partial charge in [0.2, 0.25) is 5.75 Å². The zero-order valence-corrected chi connectivity index (χ0v) is 15.1. The van der Waals surface area contributed by atoms with Gasteiger partial charge in [-0.3, -0.25) is 0 Å². The van der Waals surface area contributed by atoms with Crippen molar-refractivity contribution in [2.45, 2.75) is 6.42 Å². The predicted molar refractivity (Wildman–Crippen MR) is 98.3 cm³/mol. The molecule has 0 aliphatic heterocycles. The molecule has 0 saturated carbocycles. The van der Waals surface area contributed by atoms with Gasteiger partial charge in [0.25, 0.3) is 0 Å². The third-order valence-electron chi connectivity index (χ3n) is 3.54. The van der Waals surface area contributed by atoms with Gasteiger partial charge in [0.1, 0.15) is 0 Å². The van der Waals surface area contributed by atoms with E-state index in [4.69, 9.17) is 25.8 Å². The lowest BCUT2D eigenvalue weighted by Crippen LogP contribution is -2.30. The number of amides is 2. The van der Waals surface area contributed by atoms with E-state index in [0.29, 0.717) is 40.9 Å². The Morgan fingerprint density at radius 3 is 2.12 bits per heavy atom. The topological polar surface area (TPSA) is 68.8 Å². The monoisotopic (exact) mass is 364 g/mol. The highest BCUT2D eigenvalue weighted by atomic mass is 35.5. The summed E-state index contributed by atoms with van der Waals surface area (Å²) in [5.41, 5.74) is 1.64. The fourth-order valence-electron chi connectivity index (χ4n) is 2.30. The molecule has 25 heavy (non-hydrogen) atoms. The Labute approximate surface area is 152 Å². The van der Waals surface area contributed by atoms with Crippen LogP contribution >= 0.6 is 11.6 Å². The molecule has 134 valence electrons. The number of hydrogen-bond donors (Lipinski definition) is 2. The van der Waals surface area contributed by atoms with Crippen molar-refractivity contribution in [3.8, 4) is 17.2 Å². The van der Waals surface area contributed by atoms with Crippen LogP contribution in [0.4, 0.5) is 10.5 Å². The van der Waals surface area contributed by atoms with Crippen molar-refractivity contribution in [2.75, 3.05) is 33.2 Å². The van der Waals surface area contributed by atoms with Gasteiger partial charge in [-0.2, -0.15) is 0 Å². The summed E-state index contributed by atoms with van der Waals surface area (Å²) in [6.45, 7) is 0.498. The van der Waals surface area contributed by atoms with Crippen molar-refractivity contribution >= 4 is 23.3 Å². The zero-order chi connectivity index (χ0) is 18.2. The van der Waals surface area contributed by atoms with Crippen molar-refractivity contribution < 1.29 is 19.0 Å². The van der Waals surface area contributed by atoms with E-state index in [0.717, 1.165) is 5.56 Å². The molecule has 0 heterocycles. The molecule has 0 spiro atoms. The van der Waals surface area contributed by atoms with Gasteiger partial charge in [-0.25, -0.2) is 4.79 Å². The third kappa shape index (κ3) is 5.19. The summed E-state index contributed by atoms with van der Waals surface area (Å²) in [7, 11) is 4.57. The Hall–Kier alpha value is -2.60. The molecule has 6 nitrogen and oxygen atoms in total. The molecular weight excluding hydrogens is 344 g/mol. The number of anilines is 1. The first-order valence-corrected chi connectivity index (χ1v) is 8.04. The number of nitrogens with one attached hydrogen (secondary N) is 2. The largest absolute Gasteiger partial charge is 0.493 e. The van der Waals surface area contributed by atoms with Crippen molar-refractivity contribution in [1.82, 2.24) is 5.32 Å². The van der Waals surface area contributed by atoms with Gasteiger partial charge in [-0.15, -0.1) is 0 Å². The molecule has 0 bridgehead atoms. The maximum atomic E-state index is 12.1. The Balaban J connectivity index is 1.94. The van der Waals surface area contributed by atoms with Crippen LogP contribution in [0.5, 0.6) is 17.2 Å². The van der Waals surface area contributed by atoms with Crippen molar-refractivity contribution in [3.63, 3.8) is 0 Å². The first-order chi connectivity index (χ1) is 12.1. The molecule has 0 radical (unpaired) electrons.